The molecular formula is C48H30N6. The van der Waals surface area contributed by atoms with Crippen LogP contribution in [0.3, 0.4) is 0 Å². The van der Waals surface area contributed by atoms with Crippen molar-refractivity contribution in [1.29, 1.82) is 0 Å². The van der Waals surface area contributed by atoms with Crippen LogP contribution >= 0.6 is 0 Å². The third kappa shape index (κ3) is 5.72. The first-order valence-corrected chi connectivity index (χ1v) is 17.8. The van der Waals surface area contributed by atoms with Gasteiger partial charge in [-0.15, -0.1) is 0 Å². The Hall–Kier alpha value is -7.44. The summed E-state index contributed by atoms with van der Waals surface area (Å²) in [6, 6.07) is 50.3. The van der Waals surface area contributed by atoms with E-state index in [4.69, 9.17) is 9.97 Å². The van der Waals surface area contributed by atoms with E-state index in [1.165, 1.54) is 21.5 Å². The van der Waals surface area contributed by atoms with Gasteiger partial charge in [-0.3, -0.25) is 19.9 Å². The first kappa shape index (κ1) is 31.3. The topological polar surface area (TPSA) is 77.3 Å². The summed E-state index contributed by atoms with van der Waals surface area (Å²) in [7, 11) is 0. The molecule has 252 valence electrons. The van der Waals surface area contributed by atoms with Crippen LogP contribution in [-0.4, -0.2) is 29.9 Å². The lowest BCUT2D eigenvalue weighted by molar-refractivity contribution is 1.26. The largest absolute Gasteiger partial charge is 0.263 e. The molecule has 0 unspecified atom stereocenters. The SMILES string of the molecule is c1ccc(-c2cncc(-c3cccc(-c4ccc5c6ccccc6c6ccc(-c7cccc(-c8cncc(-c9ccccn9)c8)n7)cc6c5c4)n3)c2)nc1. The summed E-state index contributed by atoms with van der Waals surface area (Å²) in [4.78, 5) is 28.4. The normalized spacial score (nSPS) is 11.3. The molecule has 0 aliphatic carbocycles. The molecule has 6 heteroatoms. The van der Waals surface area contributed by atoms with Gasteiger partial charge in [-0.05, 0) is 105 Å². The van der Waals surface area contributed by atoms with Gasteiger partial charge in [0.1, 0.15) is 0 Å². The van der Waals surface area contributed by atoms with Gasteiger partial charge in [-0.2, -0.15) is 0 Å². The first-order valence-electron chi connectivity index (χ1n) is 17.8. The second-order valence-electron chi connectivity index (χ2n) is 13.2. The molecule has 4 aromatic carbocycles. The molecule has 6 aromatic heterocycles. The van der Waals surface area contributed by atoms with Crippen LogP contribution in [0.25, 0.3) is 99.9 Å². The second-order valence-corrected chi connectivity index (χ2v) is 13.2. The van der Waals surface area contributed by atoms with Crippen molar-refractivity contribution < 1.29 is 0 Å². The van der Waals surface area contributed by atoms with Gasteiger partial charge >= 0.3 is 0 Å². The van der Waals surface area contributed by atoms with Crippen molar-refractivity contribution in [2.24, 2.45) is 0 Å². The lowest BCUT2D eigenvalue weighted by Crippen LogP contribution is -1.92. The highest BCUT2D eigenvalue weighted by atomic mass is 14.7. The molecule has 54 heavy (non-hydrogen) atoms. The van der Waals surface area contributed by atoms with Crippen molar-refractivity contribution in [3.05, 3.63) is 183 Å². The number of aromatic nitrogens is 6. The van der Waals surface area contributed by atoms with Crippen LogP contribution in [-0.2, 0) is 0 Å². The number of benzene rings is 4. The molecule has 0 aliphatic heterocycles. The minimum atomic E-state index is 0.857. The molecule has 0 N–H and O–H groups in total. The van der Waals surface area contributed by atoms with E-state index in [1.54, 1.807) is 12.4 Å². The Morgan fingerprint density at radius 3 is 1.06 bits per heavy atom. The van der Waals surface area contributed by atoms with Gasteiger partial charge in [0.2, 0.25) is 0 Å². The zero-order valence-corrected chi connectivity index (χ0v) is 29.0. The number of hydrogen-bond acceptors (Lipinski definition) is 6. The molecular weight excluding hydrogens is 661 g/mol. The highest BCUT2D eigenvalue weighted by molar-refractivity contribution is 6.26. The summed E-state index contributed by atoms with van der Waals surface area (Å²) in [5.74, 6) is 0. The van der Waals surface area contributed by atoms with Crippen LogP contribution in [0.1, 0.15) is 0 Å². The van der Waals surface area contributed by atoms with Crippen LogP contribution < -0.4 is 0 Å². The summed E-state index contributed by atoms with van der Waals surface area (Å²) in [6.45, 7) is 0. The summed E-state index contributed by atoms with van der Waals surface area (Å²) >= 11 is 0. The summed E-state index contributed by atoms with van der Waals surface area (Å²) < 4.78 is 0. The Balaban J connectivity index is 1.08. The Labute approximate surface area is 311 Å². The van der Waals surface area contributed by atoms with Crippen molar-refractivity contribution in [2.75, 3.05) is 0 Å². The van der Waals surface area contributed by atoms with E-state index in [-0.39, 0.29) is 0 Å². The number of nitrogens with zero attached hydrogens (tertiary/aromatic N) is 6. The van der Waals surface area contributed by atoms with Gasteiger partial charge in [-0.1, -0.05) is 72.8 Å². The number of fused-ring (bicyclic) bond motifs is 6. The van der Waals surface area contributed by atoms with Gasteiger partial charge in [0.15, 0.2) is 0 Å². The second kappa shape index (κ2) is 13.3. The fourth-order valence-electron chi connectivity index (χ4n) is 7.30. The minimum Gasteiger partial charge on any atom is -0.263 e. The summed E-state index contributed by atoms with van der Waals surface area (Å²) in [6.07, 6.45) is 11.0. The standard InChI is InChI=1S/C48H30N6/c1-2-10-38-37(9-1)39-19-17-31(45-13-7-15-47(53-45)35-23-33(27-49-29-35)43-11-3-5-21-51-43)25-41(39)42-26-32(18-20-40(38)42)46-14-8-16-48(54-46)36-24-34(28-50-30-36)44-12-4-6-22-52-44/h1-30H. The molecule has 0 aliphatic rings. The molecule has 10 rings (SSSR count). The van der Waals surface area contributed by atoms with Crippen LogP contribution in [0.5, 0.6) is 0 Å². The zero-order valence-electron chi connectivity index (χ0n) is 29.0. The van der Waals surface area contributed by atoms with Gasteiger partial charge in [-0.25, -0.2) is 9.97 Å². The fourth-order valence-corrected chi connectivity index (χ4v) is 7.30. The monoisotopic (exact) mass is 690 g/mol. The molecule has 0 radical (unpaired) electrons. The van der Waals surface area contributed by atoms with E-state index in [9.17, 15) is 0 Å². The van der Waals surface area contributed by atoms with Crippen LogP contribution in [0.4, 0.5) is 0 Å². The van der Waals surface area contributed by atoms with Crippen LogP contribution in [0.15, 0.2) is 183 Å². The molecule has 0 atom stereocenters. The van der Waals surface area contributed by atoms with Gasteiger partial charge in [0.05, 0.1) is 34.2 Å². The van der Waals surface area contributed by atoms with Crippen molar-refractivity contribution >= 4 is 32.3 Å². The minimum absolute atomic E-state index is 0.857. The zero-order chi connectivity index (χ0) is 35.8. The average molecular weight is 691 g/mol. The van der Waals surface area contributed by atoms with E-state index >= 15 is 0 Å². The molecule has 0 bridgehead atoms. The highest BCUT2D eigenvalue weighted by Gasteiger charge is 2.14. The number of rotatable bonds is 6. The maximum atomic E-state index is 5.15. The van der Waals surface area contributed by atoms with Crippen LogP contribution in [0.2, 0.25) is 0 Å². The van der Waals surface area contributed by atoms with Crippen LogP contribution in [0, 0.1) is 0 Å². The quantitative estimate of drug-likeness (QED) is 0.162. The average Bonchev–Trinajstić information content (AvgIpc) is 3.27. The molecule has 6 nitrogen and oxygen atoms in total. The van der Waals surface area contributed by atoms with Crippen molar-refractivity contribution in [1.82, 2.24) is 29.9 Å². The predicted molar refractivity (Wildman–Crippen MR) is 218 cm³/mol. The molecule has 6 heterocycles. The van der Waals surface area contributed by atoms with Crippen molar-refractivity contribution in [3.8, 4) is 67.5 Å². The molecule has 10 aromatic rings. The molecule has 0 amide bonds. The first-order chi connectivity index (χ1) is 26.7. The van der Waals surface area contributed by atoms with E-state index in [1.807, 2.05) is 73.3 Å². The van der Waals surface area contributed by atoms with Gasteiger partial charge in [0, 0.05) is 70.6 Å². The van der Waals surface area contributed by atoms with E-state index in [0.717, 1.165) is 78.3 Å². The number of pyridine rings is 6. The highest BCUT2D eigenvalue weighted by Crippen LogP contribution is 2.39. The van der Waals surface area contributed by atoms with Crippen molar-refractivity contribution in [3.63, 3.8) is 0 Å². The van der Waals surface area contributed by atoms with Gasteiger partial charge in [0.25, 0.3) is 0 Å². The van der Waals surface area contributed by atoms with Gasteiger partial charge < -0.3 is 0 Å². The lowest BCUT2D eigenvalue weighted by atomic mass is 9.91. The third-order valence-corrected chi connectivity index (χ3v) is 9.92. The Morgan fingerprint density at radius 2 is 0.630 bits per heavy atom. The summed E-state index contributed by atoms with van der Waals surface area (Å²) in [5, 5.41) is 7.16. The maximum Gasteiger partial charge on any atom is 0.0725 e. The lowest BCUT2D eigenvalue weighted by Gasteiger charge is -2.14. The number of hydrogen-bond donors (Lipinski definition) is 0. The molecule has 0 saturated heterocycles. The fraction of sp³-hybridized carbons (Fsp3) is 0. The molecule has 0 fully saturated rings. The van der Waals surface area contributed by atoms with Crippen molar-refractivity contribution in [2.45, 2.75) is 0 Å². The van der Waals surface area contributed by atoms with E-state index in [0.29, 0.717) is 0 Å². The van der Waals surface area contributed by atoms with E-state index < -0.39 is 0 Å². The summed E-state index contributed by atoms with van der Waals surface area (Å²) in [5.41, 5.74) is 11.1. The maximum absolute atomic E-state index is 5.15. The predicted octanol–water partition coefficient (Wildman–Crippen LogP) is 11.5. The van der Waals surface area contributed by atoms with E-state index in [2.05, 4.69) is 117 Å². The Morgan fingerprint density at radius 1 is 0.259 bits per heavy atom. The molecule has 0 spiro atoms. The third-order valence-electron chi connectivity index (χ3n) is 9.92. The smallest absolute Gasteiger partial charge is 0.0725 e. The molecule has 0 saturated carbocycles. The Bertz CT molecular complexity index is 2790. The Kier molecular flexibility index (Phi) is 7.69.